The van der Waals surface area contributed by atoms with Gasteiger partial charge < -0.3 is 9.73 Å². The van der Waals surface area contributed by atoms with Crippen molar-refractivity contribution in [3.05, 3.63) is 66.2 Å². The van der Waals surface area contributed by atoms with Gasteiger partial charge in [0.15, 0.2) is 5.76 Å². The summed E-state index contributed by atoms with van der Waals surface area (Å²) in [6, 6.07) is 14.1. The van der Waals surface area contributed by atoms with Gasteiger partial charge in [0.25, 0.3) is 5.91 Å². The molecule has 32 heavy (non-hydrogen) atoms. The predicted molar refractivity (Wildman–Crippen MR) is 118 cm³/mol. The molecule has 0 aliphatic carbocycles. The standard InChI is InChI=1S/C22H23N3O2.H2O4S/c26-22(20-13-17-5-1-2-6-19(17)27-20)24-21-16-7-10-25(11-8-16)18(21)12-15-4-3-9-23-14-15;1-5(2,3)4/h1-6,9,13-14,16,18,21H,7-8,10-12H2,(H,24,26);(H2,1,2,3,4)/t18-,21+;/m0./s1. The van der Waals surface area contributed by atoms with Crippen molar-refractivity contribution in [1.29, 1.82) is 0 Å². The number of carbonyl (C=O) groups excluding carboxylic acids is 1. The van der Waals surface area contributed by atoms with Gasteiger partial charge in [0.05, 0.1) is 0 Å². The van der Waals surface area contributed by atoms with Gasteiger partial charge in [-0.1, -0.05) is 24.3 Å². The van der Waals surface area contributed by atoms with Crippen LogP contribution in [0.4, 0.5) is 0 Å². The van der Waals surface area contributed by atoms with E-state index < -0.39 is 10.4 Å². The van der Waals surface area contributed by atoms with Crippen LogP contribution in [0.2, 0.25) is 0 Å². The zero-order chi connectivity index (χ0) is 22.7. The number of nitrogens with zero attached hydrogens (tertiary/aromatic N) is 2. The van der Waals surface area contributed by atoms with Gasteiger partial charge in [-0.2, -0.15) is 8.42 Å². The summed E-state index contributed by atoms with van der Waals surface area (Å²) in [5, 5.41) is 4.26. The van der Waals surface area contributed by atoms with Crippen LogP contribution in [0.15, 0.2) is 59.3 Å². The van der Waals surface area contributed by atoms with Gasteiger partial charge >= 0.3 is 10.4 Å². The molecule has 6 rings (SSSR count). The lowest BCUT2D eigenvalue weighted by Crippen LogP contribution is -2.64. The lowest BCUT2D eigenvalue weighted by Gasteiger charge is -2.51. The smallest absolute Gasteiger partial charge is 0.394 e. The van der Waals surface area contributed by atoms with E-state index in [1.54, 1.807) is 6.20 Å². The number of pyridine rings is 1. The first-order valence-corrected chi connectivity index (χ1v) is 11.8. The molecule has 0 saturated carbocycles. The number of carbonyl (C=O) groups is 1. The lowest BCUT2D eigenvalue weighted by molar-refractivity contribution is 0.0131. The fourth-order valence-corrected chi connectivity index (χ4v) is 4.70. The molecule has 3 aliphatic heterocycles. The fourth-order valence-electron chi connectivity index (χ4n) is 4.70. The van der Waals surface area contributed by atoms with Crippen molar-refractivity contribution in [3.8, 4) is 0 Å². The Kier molecular flexibility index (Phi) is 6.56. The third-order valence-corrected chi connectivity index (χ3v) is 6.08. The van der Waals surface area contributed by atoms with Crippen LogP contribution in [-0.4, -0.2) is 58.5 Å². The van der Waals surface area contributed by atoms with Crippen LogP contribution >= 0.6 is 0 Å². The third-order valence-electron chi connectivity index (χ3n) is 6.08. The Morgan fingerprint density at radius 2 is 1.88 bits per heavy atom. The Bertz CT molecular complexity index is 1130. The van der Waals surface area contributed by atoms with Crippen molar-refractivity contribution >= 4 is 27.3 Å². The van der Waals surface area contributed by atoms with Crippen LogP contribution in [0.3, 0.4) is 0 Å². The average molecular weight is 460 g/mol. The molecule has 10 heteroatoms. The third kappa shape index (κ3) is 5.52. The minimum absolute atomic E-state index is 0.110. The highest BCUT2D eigenvalue weighted by Gasteiger charge is 2.43. The van der Waals surface area contributed by atoms with Gasteiger partial charge in [0, 0.05) is 29.9 Å². The van der Waals surface area contributed by atoms with E-state index in [-0.39, 0.29) is 11.9 Å². The molecule has 170 valence electrons. The monoisotopic (exact) mass is 459 g/mol. The number of hydrogen-bond donors (Lipinski definition) is 3. The molecule has 0 radical (unpaired) electrons. The van der Waals surface area contributed by atoms with E-state index in [0.717, 1.165) is 43.3 Å². The first-order chi connectivity index (χ1) is 15.3. The summed E-state index contributed by atoms with van der Waals surface area (Å²) < 4.78 is 37.4. The van der Waals surface area contributed by atoms with Crippen molar-refractivity contribution in [1.82, 2.24) is 15.2 Å². The molecule has 1 amide bonds. The number of benzene rings is 1. The number of nitrogens with one attached hydrogen (secondary N) is 1. The summed E-state index contributed by atoms with van der Waals surface area (Å²) in [5.74, 6) is 0.818. The molecule has 3 aromatic rings. The Morgan fingerprint density at radius 3 is 2.53 bits per heavy atom. The van der Waals surface area contributed by atoms with Gasteiger partial charge in [0.1, 0.15) is 5.58 Å². The van der Waals surface area contributed by atoms with Gasteiger partial charge in [-0.3, -0.25) is 23.8 Å². The second-order valence-corrected chi connectivity index (χ2v) is 9.00. The molecule has 2 bridgehead atoms. The van der Waals surface area contributed by atoms with Crippen molar-refractivity contribution in [2.75, 3.05) is 13.1 Å². The van der Waals surface area contributed by atoms with Gasteiger partial charge in [-0.15, -0.1) is 0 Å². The van der Waals surface area contributed by atoms with E-state index in [0.29, 0.717) is 17.7 Å². The van der Waals surface area contributed by atoms with Crippen LogP contribution in [0.1, 0.15) is 29.0 Å². The second kappa shape index (κ2) is 9.37. The number of piperidine rings is 3. The van der Waals surface area contributed by atoms with E-state index in [2.05, 4.69) is 21.3 Å². The van der Waals surface area contributed by atoms with E-state index >= 15 is 0 Å². The van der Waals surface area contributed by atoms with Gasteiger partial charge in [-0.25, -0.2) is 0 Å². The molecule has 3 fully saturated rings. The molecule has 1 aromatic carbocycles. The summed E-state index contributed by atoms with van der Waals surface area (Å²) in [6.45, 7) is 2.24. The molecule has 3 N–H and O–H groups in total. The van der Waals surface area contributed by atoms with Crippen LogP contribution < -0.4 is 5.32 Å². The number of rotatable bonds is 4. The molecule has 0 unspecified atom stereocenters. The maximum atomic E-state index is 12.9. The highest BCUT2D eigenvalue weighted by molar-refractivity contribution is 7.79. The van der Waals surface area contributed by atoms with Gasteiger partial charge in [0.2, 0.25) is 0 Å². The van der Waals surface area contributed by atoms with Crippen molar-refractivity contribution in [2.24, 2.45) is 5.92 Å². The maximum absolute atomic E-state index is 12.9. The first kappa shape index (κ1) is 22.4. The average Bonchev–Trinajstić information content (AvgIpc) is 3.20. The topological polar surface area (TPSA) is 133 Å². The SMILES string of the molecule is O=C(N[C@@H]1C2CCN(CC2)[C@H]1Cc1cccnc1)c1cc2ccccc2o1.O=S(=O)(O)O. The maximum Gasteiger partial charge on any atom is 0.394 e. The molecular formula is C22H25N3O6S. The van der Waals surface area contributed by atoms with E-state index in [9.17, 15) is 4.79 Å². The fraction of sp³-hybridized carbons (Fsp3) is 0.364. The summed E-state index contributed by atoms with van der Waals surface area (Å²) in [5.41, 5.74) is 1.97. The highest BCUT2D eigenvalue weighted by atomic mass is 32.3. The Balaban J connectivity index is 0.000000444. The molecule has 5 heterocycles. The second-order valence-electron chi connectivity index (χ2n) is 8.10. The first-order valence-electron chi connectivity index (χ1n) is 10.4. The Hall–Kier alpha value is -2.79. The van der Waals surface area contributed by atoms with Crippen LogP contribution in [0, 0.1) is 5.92 Å². The highest BCUT2D eigenvalue weighted by Crippen LogP contribution is 2.34. The number of furan rings is 1. The van der Waals surface area contributed by atoms with Crippen molar-refractivity contribution in [3.63, 3.8) is 0 Å². The zero-order valence-corrected chi connectivity index (χ0v) is 18.1. The van der Waals surface area contributed by atoms with Crippen LogP contribution in [0.5, 0.6) is 0 Å². The summed E-state index contributed by atoms with van der Waals surface area (Å²) in [6.07, 6.45) is 6.94. The van der Waals surface area contributed by atoms with Crippen LogP contribution in [0.25, 0.3) is 11.0 Å². The Labute approximate surface area is 186 Å². The van der Waals surface area contributed by atoms with E-state index in [4.69, 9.17) is 21.9 Å². The molecule has 2 aromatic heterocycles. The predicted octanol–water partition coefficient (Wildman–Crippen LogP) is 2.61. The quantitative estimate of drug-likeness (QED) is 0.507. The number of aromatic nitrogens is 1. The Morgan fingerprint density at radius 1 is 1.16 bits per heavy atom. The summed E-state index contributed by atoms with van der Waals surface area (Å²) >= 11 is 0. The minimum Gasteiger partial charge on any atom is -0.451 e. The zero-order valence-electron chi connectivity index (χ0n) is 17.3. The van der Waals surface area contributed by atoms with Crippen molar-refractivity contribution < 1.29 is 26.7 Å². The number of fused-ring (bicyclic) bond motifs is 4. The molecule has 9 nitrogen and oxygen atoms in total. The van der Waals surface area contributed by atoms with Gasteiger partial charge in [-0.05, 0) is 62.0 Å². The molecule has 3 saturated heterocycles. The molecule has 2 atom stereocenters. The number of amides is 1. The normalized spacial score (nSPS) is 24.6. The largest absolute Gasteiger partial charge is 0.451 e. The van der Waals surface area contributed by atoms with Crippen LogP contribution in [-0.2, 0) is 16.8 Å². The molecular weight excluding hydrogens is 434 g/mol. The molecule has 3 aliphatic rings. The summed E-state index contributed by atoms with van der Waals surface area (Å²) in [4.78, 5) is 19.7. The lowest BCUT2D eigenvalue weighted by atomic mass is 9.76. The minimum atomic E-state index is -4.67. The van der Waals surface area contributed by atoms with E-state index in [1.165, 1.54) is 5.56 Å². The van der Waals surface area contributed by atoms with Crippen molar-refractivity contribution in [2.45, 2.75) is 31.3 Å². The number of hydrogen-bond acceptors (Lipinski definition) is 6. The summed E-state index contributed by atoms with van der Waals surface area (Å²) in [7, 11) is -4.67. The van der Waals surface area contributed by atoms with E-state index in [1.807, 2.05) is 42.6 Å². The number of para-hydroxylation sites is 1. The molecule has 0 spiro atoms.